The number of aliphatic hydroxyl groups is 1. The molecular formula is C42H48BrFN3O14PS. The Bertz CT molecular complexity index is 2300. The zero-order valence-electron chi connectivity index (χ0n) is 34.2. The molecule has 2 heterocycles. The number of benzene rings is 1. The summed E-state index contributed by atoms with van der Waals surface area (Å²) >= 11 is 4.01. The van der Waals surface area contributed by atoms with E-state index >= 15 is 4.39 Å². The SMILES string of the molecule is C[C@]12C=CC(=O)C=C1CC[C@@H]1[C@@H]2[C@@H](O)C[C@@]2(C)[C@H]1C[C@H]1O[C@@H](c3cc(F)c(Cc4ccc(NC(=O)[C@H](CCC(=O)O)NC(=O)CNC(=O)CBr)cc4)s3)O[C@]12C(=O)COP(=O)(O)O. The molecule has 21 heteroatoms. The fourth-order valence-corrected chi connectivity index (χ4v) is 12.3. The number of carbonyl (C=O) groups is 6. The van der Waals surface area contributed by atoms with E-state index < -0.39 is 104 Å². The van der Waals surface area contributed by atoms with Gasteiger partial charge in [0.15, 0.2) is 23.5 Å². The highest BCUT2D eigenvalue weighted by atomic mass is 79.9. The van der Waals surface area contributed by atoms with Gasteiger partial charge >= 0.3 is 13.8 Å². The molecule has 1 aromatic heterocycles. The van der Waals surface area contributed by atoms with Gasteiger partial charge in [-0.25, -0.2) is 8.96 Å². The number of phosphoric acid groups is 1. The number of fused-ring (bicyclic) bond motifs is 7. The van der Waals surface area contributed by atoms with E-state index in [2.05, 4.69) is 31.9 Å². The van der Waals surface area contributed by atoms with Gasteiger partial charge in [-0.15, -0.1) is 11.3 Å². The summed E-state index contributed by atoms with van der Waals surface area (Å²) in [6.07, 6.45) is 2.99. The van der Waals surface area contributed by atoms with Crippen molar-refractivity contribution in [2.24, 2.45) is 28.6 Å². The van der Waals surface area contributed by atoms with Crippen LogP contribution in [0.4, 0.5) is 10.1 Å². The smallest absolute Gasteiger partial charge is 0.470 e. The molecule has 4 aliphatic carbocycles. The van der Waals surface area contributed by atoms with Crippen LogP contribution in [-0.2, 0) is 53.8 Å². The van der Waals surface area contributed by atoms with Gasteiger partial charge in [0.25, 0.3) is 0 Å². The van der Waals surface area contributed by atoms with Gasteiger partial charge in [0.2, 0.25) is 17.7 Å². The van der Waals surface area contributed by atoms with Gasteiger partial charge in [0.1, 0.15) is 18.5 Å². The van der Waals surface area contributed by atoms with Crippen molar-refractivity contribution in [1.29, 1.82) is 0 Å². The molecule has 10 atom stereocenters. The maximum atomic E-state index is 15.7. The Hall–Kier alpha value is -3.98. The van der Waals surface area contributed by atoms with E-state index in [1.54, 1.807) is 30.3 Å². The maximum absolute atomic E-state index is 15.7. The number of aliphatic carboxylic acids is 1. The number of carboxylic acids is 1. The Morgan fingerprint density at radius 1 is 1.13 bits per heavy atom. The number of amides is 3. The third kappa shape index (κ3) is 9.29. The molecule has 4 fully saturated rings. The maximum Gasteiger partial charge on any atom is 0.470 e. The van der Waals surface area contributed by atoms with Crippen molar-refractivity contribution in [3.63, 3.8) is 0 Å². The molecule has 1 aliphatic heterocycles. The first-order valence-corrected chi connectivity index (χ1v) is 23.8. The van der Waals surface area contributed by atoms with Gasteiger partial charge in [-0.2, -0.15) is 0 Å². The Kier molecular flexibility index (Phi) is 13.5. The average molecular weight is 981 g/mol. The number of rotatable bonds is 16. The molecule has 3 amide bonds. The van der Waals surface area contributed by atoms with Crippen LogP contribution in [0.3, 0.4) is 0 Å². The fraction of sp³-hybridized carbons (Fsp3) is 0.524. The van der Waals surface area contributed by atoms with E-state index in [0.29, 0.717) is 35.4 Å². The van der Waals surface area contributed by atoms with E-state index in [-0.39, 0.29) is 53.0 Å². The molecule has 63 heavy (non-hydrogen) atoms. The highest BCUT2D eigenvalue weighted by Gasteiger charge is 2.76. The third-order valence-electron chi connectivity index (χ3n) is 13.5. The topological polar surface area (TPSA) is 264 Å². The lowest BCUT2D eigenvalue weighted by Crippen LogP contribution is -2.63. The first-order valence-electron chi connectivity index (χ1n) is 20.4. The zero-order valence-corrected chi connectivity index (χ0v) is 37.5. The molecule has 0 radical (unpaired) electrons. The lowest BCUT2D eigenvalue weighted by Gasteiger charge is -2.59. The summed E-state index contributed by atoms with van der Waals surface area (Å²) in [5, 5.41) is 28.5. The molecule has 7 N–H and O–H groups in total. The van der Waals surface area contributed by atoms with Crippen molar-refractivity contribution in [2.45, 2.75) is 88.9 Å². The number of hydrogen-bond donors (Lipinski definition) is 7. The molecule has 1 aromatic carbocycles. The Labute approximate surface area is 373 Å². The van der Waals surface area contributed by atoms with Crippen LogP contribution in [-0.4, -0.2) is 97.6 Å². The summed E-state index contributed by atoms with van der Waals surface area (Å²) in [6.45, 7) is 2.43. The van der Waals surface area contributed by atoms with Crippen molar-refractivity contribution in [3.05, 3.63) is 75.3 Å². The first-order chi connectivity index (χ1) is 29.7. The van der Waals surface area contributed by atoms with Crippen LogP contribution in [0.15, 0.2) is 54.1 Å². The Morgan fingerprint density at radius 2 is 1.86 bits per heavy atom. The minimum absolute atomic E-state index is 0.0362. The second kappa shape index (κ2) is 18.1. The molecule has 0 unspecified atom stereocenters. The summed E-state index contributed by atoms with van der Waals surface area (Å²) < 4.78 is 45.4. The zero-order chi connectivity index (χ0) is 45.6. The molecule has 5 aliphatic rings. The van der Waals surface area contributed by atoms with Gasteiger partial charge in [0.05, 0.1) is 29.0 Å². The summed E-state index contributed by atoms with van der Waals surface area (Å²) in [7, 11) is -5.09. The molecule has 3 saturated carbocycles. The monoisotopic (exact) mass is 979 g/mol. The normalized spacial score (nSPS) is 31.2. The summed E-state index contributed by atoms with van der Waals surface area (Å²) in [4.78, 5) is 94.5. The Morgan fingerprint density at radius 3 is 2.54 bits per heavy atom. The number of phosphoric ester groups is 1. The number of aliphatic hydroxyl groups excluding tert-OH is 1. The lowest BCUT2D eigenvalue weighted by atomic mass is 9.46. The summed E-state index contributed by atoms with van der Waals surface area (Å²) in [5.74, 6) is -5.12. The second-order valence-corrected chi connectivity index (χ2v) is 20.2. The number of hydrogen-bond acceptors (Lipinski definition) is 12. The van der Waals surface area contributed by atoms with Crippen LogP contribution in [0, 0.1) is 34.4 Å². The number of allylic oxidation sites excluding steroid dienone is 4. The molecular weight excluding hydrogens is 932 g/mol. The largest absolute Gasteiger partial charge is 0.481 e. The first kappa shape index (κ1) is 47.0. The summed E-state index contributed by atoms with van der Waals surface area (Å²) in [6, 6.07) is 6.42. The van der Waals surface area contributed by atoms with Crippen LogP contribution < -0.4 is 16.0 Å². The molecule has 2 aromatic rings. The Balaban J connectivity index is 1.07. The van der Waals surface area contributed by atoms with Crippen LogP contribution in [0.1, 0.15) is 74.0 Å². The van der Waals surface area contributed by atoms with E-state index in [9.17, 15) is 48.2 Å². The number of Topliss-reactive ketones (excluding diaryl/α,β-unsaturated/α-hetero) is 1. The predicted molar refractivity (Wildman–Crippen MR) is 226 cm³/mol. The van der Waals surface area contributed by atoms with Crippen molar-refractivity contribution >= 4 is 76.0 Å². The van der Waals surface area contributed by atoms with Gasteiger partial charge in [-0.05, 0) is 79.9 Å². The molecule has 7 rings (SSSR count). The number of anilines is 1. The molecule has 0 bridgehead atoms. The van der Waals surface area contributed by atoms with E-state index in [1.807, 2.05) is 19.9 Å². The van der Waals surface area contributed by atoms with E-state index in [1.165, 1.54) is 12.1 Å². The lowest BCUT2D eigenvalue weighted by molar-refractivity contribution is -0.200. The number of thiophene rings is 1. The van der Waals surface area contributed by atoms with Crippen molar-refractivity contribution in [3.8, 4) is 0 Å². The average Bonchev–Trinajstić information content (AvgIpc) is 3.86. The number of halogens is 2. The number of ketones is 2. The van der Waals surface area contributed by atoms with Gasteiger partial charge in [0, 0.05) is 40.2 Å². The van der Waals surface area contributed by atoms with Crippen molar-refractivity contribution < 1.29 is 71.7 Å². The minimum atomic E-state index is -5.09. The van der Waals surface area contributed by atoms with E-state index in [4.69, 9.17) is 19.1 Å². The predicted octanol–water partition coefficient (Wildman–Crippen LogP) is 4.00. The van der Waals surface area contributed by atoms with Crippen molar-refractivity contribution in [2.75, 3.05) is 23.8 Å². The fourth-order valence-electron chi connectivity index (χ4n) is 10.7. The molecule has 17 nitrogen and oxygen atoms in total. The highest BCUT2D eigenvalue weighted by Crippen LogP contribution is 2.70. The number of alkyl halides is 1. The quantitative estimate of drug-likeness (QED) is 0.0927. The van der Waals surface area contributed by atoms with E-state index in [0.717, 1.165) is 16.9 Å². The molecule has 340 valence electrons. The van der Waals surface area contributed by atoms with Crippen LogP contribution in [0.25, 0.3) is 0 Å². The van der Waals surface area contributed by atoms with Gasteiger partial charge in [-0.1, -0.05) is 53.6 Å². The van der Waals surface area contributed by atoms with Crippen molar-refractivity contribution in [1.82, 2.24) is 10.6 Å². The molecule has 0 spiro atoms. The standard InChI is InChI=1S/C42H48BrFN3O14PS/c1-40-12-11-24(48)14-22(40)5-8-25-26-15-33-42(32(50)20-59-62(56,57)58,41(26,2)17-29(49)37(25)40)61-39(60-33)31-16-27(44)30(63-31)13-21-3-6-23(7-4-21)46-38(55)28(9-10-36(53)54)47-35(52)19-45-34(51)18-43/h3-4,6-7,11-12,14,16,25-26,28-29,33,37,39,49H,5,8-10,13,15,17-20H2,1-2H3,(H,45,51)(H,46,55)(H,47,52)(H,53,54)(H2,56,57,58)/t25-,26-,28-,29-,33+,37+,39+,40-,41-,42+/m0/s1. The number of carbonyl (C=O) groups excluding carboxylic acids is 5. The number of carboxylic acid groups (broad SMARTS) is 1. The van der Waals surface area contributed by atoms with Crippen LogP contribution in [0.5, 0.6) is 0 Å². The van der Waals surface area contributed by atoms with Crippen LogP contribution >= 0.6 is 35.1 Å². The van der Waals surface area contributed by atoms with Gasteiger partial charge in [-0.3, -0.25) is 33.3 Å². The second-order valence-electron chi connectivity index (χ2n) is 17.2. The number of nitrogens with one attached hydrogen (secondary N) is 3. The van der Waals surface area contributed by atoms with Gasteiger partial charge < -0.3 is 45.4 Å². The molecule has 1 saturated heterocycles. The highest BCUT2D eigenvalue weighted by molar-refractivity contribution is 9.09. The number of ether oxygens (including phenoxy) is 2. The third-order valence-corrected chi connectivity index (χ3v) is 15.6. The van der Waals surface area contributed by atoms with Crippen LogP contribution in [0.2, 0.25) is 0 Å². The summed E-state index contributed by atoms with van der Waals surface area (Å²) in [5.41, 5.74) is -1.62. The minimum Gasteiger partial charge on any atom is -0.481 e.